The van der Waals surface area contributed by atoms with E-state index in [4.69, 9.17) is 4.74 Å². The summed E-state index contributed by atoms with van der Waals surface area (Å²) in [6, 6.07) is 9.16. The van der Waals surface area contributed by atoms with Crippen LogP contribution in [0.5, 0.6) is 5.75 Å². The molecule has 0 bridgehead atoms. The predicted molar refractivity (Wildman–Crippen MR) is 113 cm³/mol. The summed E-state index contributed by atoms with van der Waals surface area (Å²) < 4.78 is 33.4. The molecule has 2 heterocycles. The van der Waals surface area contributed by atoms with E-state index in [0.717, 1.165) is 28.9 Å². The van der Waals surface area contributed by atoms with E-state index in [2.05, 4.69) is 5.32 Å². The number of para-hydroxylation sites is 1. The van der Waals surface area contributed by atoms with Crippen LogP contribution in [0.25, 0.3) is 0 Å². The van der Waals surface area contributed by atoms with Crippen molar-refractivity contribution in [1.29, 1.82) is 0 Å². The average molecular weight is 444 g/mol. The number of halogens is 2. The maximum atomic E-state index is 13.9. The number of carbonyl (C=O) groups is 1. The number of fused-ring (bicyclic) bond motifs is 2. The lowest BCUT2D eigenvalue weighted by Crippen LogP contribution is -2.36. The Morgan fingerprint density at radius 1 is 1.22 bits per heavy atom. The largest absolute Gasteiger partial charge is 0.484 e. The standard InChI is InChI=1S/C24H26F2N2O4/c25-18-2-1-3-19(26)23(18)32-17-9-16-11-28(13-24(16,31)10-17)12-21(29)15-4-6-20-14(8-15)5-7-22(30)27-20/h1-4,6,8,16-17,21,29,31H,5,7,9-13H2,(H,27,30)/t16-,17+,21-,24-/m1/s1. The van der Waals surface area contributed by atoms with Gasteiger partial charge in [-0.25, -0.2) is 8.78 Å². The van der Waals surface area contributed by atoms with Crippen LogP contribution in [-0.2, 0) is 11.2 Å². The zero-order valence-corrected chi connectivity index (χ0v) is 17.6. The first-order chi connectivity index (χ1) is 15.3. The number of β-amino-alcohol motifs (C(OH)–C–C–N with tert-alkyl or cyclic N) is 2. The summed E-state index contributed by atoms with van der Waals surface area (Å²) in [4.78, 5) is 13.5. The normalized spacial score (nSPS) is 28.2. The monoisotopic (exact) mass is 444 g/mol. The quantitative estimate of drug-likeness (QED) is 0.661. The topological polar surface area (TPSA) is 82.0 Å². The summed E-state index contributed by atoms with van der Waals surface area (Å²) in [5, 5.41) is 24.7. The molecule has 1 saturated carbocycles. The minimum absolute atomic E-state index is 0.00248. The molecular weight excluding hydrogens is 418 g/mol. The minimum Gasteiger partial charge on any atom is -0.484 e. The summed E-state index contributed by atoms with van der Waals surface area (Å²) >= 11 is 0. The number of anilines is 1. The second kappa shape index (κ2) is 8.10. The van der Waals surface area contributed by atoms with Crippen LogP contribution in [0.3, 0.4) is 0 Å². The molecule has 2 aromatic carbocycles. The third-order valence-electron chi connectivity index (χ3n) is 6.91. The number of amides is 1. The van der Waals surface area contributed by atoms with E-state index in [1.165, 1.54) is 6.07 Å². The molecule has 1 saturated heterocycles. The van der Waals surface area contributed by atoms with Gasteiger partial charge < -0.3 is 20.3 Å². The highest BCUT2D eigenvalue weighted by Crippen LogP contribution is 2.44. The van der Waals surface area contributed by atoms with Gasteiger partial charge in [-0.05, 0) is 42.2 Å². The van der Waals surface area contributed by atoms with Gasteiger partial charge in [0.15, 0.2) is 17.4 Å². The third-order valence-corrected chi connectivity index (χ3v) is 6.91. The Bertz CT molecular complexity index is 1030. The molecule has 0 aromatic heterocycles. The zero-order valence-electron chi connectivity index (χ0n) is 17.6. The predicted octanol–water partition coefficient (Wildman–Crippen LogP) is 2.79. The Labute approximate surface area is 184 Å². The molecule has 2 fully saturated rings. The molecule has 1 aliphatic carbocycles. The summed E-state index contributed by atoms with van der Waals surface area (Å²) in [7, 11) is 0. The Kier molecular flexibility index (Phi) is 5.39. The van der Waals surface area contributed by atoms with Gasteiger partial charge in [0.1, 0.15) is 6.10 Å². The number of hydrogen-bond donors (Lipinski definition) is 3. The smallest absolute Gasteiger partial charge is 0.224 e. The minimum atomic E-state index is -1.01. The van der Waals surface area contributed by atoms with Gasteiger partial charge in [0.2, 0.25) is 5.91 Å². The van der Waals surface area contributed by atoms with Crippen molar-refractivity contribution in [2.24, 2.45) is 5.92 Å². The fourth-order valence-electron chi connectivity index (χ4n) is 5.33. The third kappa shape index (κ3) is 3.98. The van der Waals surface area contributed by atoms with Gasteiger partial charge in [-0.1, -0.05) is 18.2 Å². The second-order valence-electron chi connectivity index (χ2n) is 9.21. The fraction of sp³-hybridized carbons (Fsp3) is 0.458. The Hall–Kier alpha value is -2.55. The highest BCUT2D eigenvalue weighted by molar-refractivity contribution is 5.93. The number of hydrogen-bond acceptors (Lipinski definition) is 5. The van der Waals surface area contributed by atoms with E-state index < -0.39 is 35.2 Å². The summed E-state index contributed by atoms with van der Waals surface area (Å²) in [5.41, 5.74) is 1.57. The average Bonchev–Trinajstić information content (AvgIpc) is 3.20. The SMILES string of the molecule is O=C1CCc2cc([C@H](O)CN3C[C@H]4C[C@H](Oc5c(F)cccc5F)C[C@@]4(O)C3)ccc2N1. The molecule has 8 heteroatoms. The molecular formula is C24H26F2N2O4. The molecule has 0 unspecified atom stereocenters. The van der Waals surface area contributed by atoms with Crippen molar-refractivity contribution in [3.05, 3.63) is 59.2 Å². The number of aliphatic hydroxyl groups is 2. The Morgan fingerprint density at radius 3 is 2.75 bits per heavy atom. The Balaban J connectivity index is 1.20. The molecule has 3 N–H and O–H groups in total. The lowest BCUT2D eigenvalue weighted by molar-refractivity contribution is -0.116. The lowest BCUT2D eigenvalue weighted by Gasteiger charge is -2.25. The van der Waals surface area contributed by atoms with Crippen LogP contribution in [0.4, 0.5) is 14.5 Å². The van der Waals surface area contributed by atoms with Gasteiger partial charge >= 0.3 is 0 Å². The first kappa shape index (κ1) is 21.3. The zero-order chi connectivity index (χ0) is 22.5. The van der Waals surface area contributed by atoms with Gasteiger partial charge in [-0.15, -0.1) is 0 Å². The molecule has 1 amide bonds. The summed E-state index contributed by atoms with van der Waals surface area (Å²) in [6.45, 7) is 1.32. The van der Waals surface area contributed by atoms with E-state index in [1.54, 1.807) is 0 Å². The number of nitrogens with zero attached hydrogens (tertiary/aromatic N) is 1. The molecule has 5 rings (SSSR count). The van der Waals surface area contributed by atoms with Crippen molar-refractivity contribution in [2.45, 2.75) is 43.5 Å². The van der Waals surface area contributed by atoms with Crippen molar-refractivity contribution in [3.8, 4) is 5.75 Å². The molecule has 6 nitrogen and oxygen atoms in total. The summed E-state index contributed by atoms with van der Waals surface area (Å²) in [5.74, 6) is -1.97. The lowest BCUT2D eigenvalue weighted by atomic mass is 9.95. The van der Waals surface area contributed by atoms with Gasteiger partial charge in [0, 0.05) is 44.1 Å². The van der Waals surface area contributed by atoms with Crippen LogP contribution in [-0.4, -0.2) is 52.4 Å². The molecule has 170 valence electrons. The van der Waals surface area contributed by atoms with Gasteiger partial charge in [0.25, 0.3) is 0 Å². The molecule has 32 heavy (non-hydrogen) atoms. The van der Waals surface area contributed by atoms with E-state index in [0.29, 0.717) is 38.9 Å². The summed E-state index contributed by atoms with van der Waals surface area (Å²) in [6.07, 6.45) is 0.690. The second-order valence-corrected chi connectivity index (χ2v) is 9.21. The number of ether oxygens (including phenoxy) is 1. The number of aliphatic hydroxyl groups excluding tert-OH is 1. The van der Waals surface area contributed by atoms with Crippen LogP contribution in [0.15, 0.2) is 36.4 Å². The highest BCUT2D eigenvalue weighted by atomic mass is 19.1. The van der Waals surface area contributed by atoms with Crippen molar-refractivity contribution >= 4 is 11.6 Å². The molecule has 2 aliphatic heterocycles. The number of carbonyl (C=O) groups excluding carboxylic acids is 1. The van der Waals surface area contributed by atoms with Crippen molar-refractivity contribution in [1.82, 2.24) is 4.90 Å². The van der Waals surface area contributed by atoms with Crippen LogP contribution < -0.4 is 10.1 Å². The van der Waals surface area contributed by atoms with E-state index in [-0.39, 0.29) is 18.2 Å². The van der Waals surface area contributed by atoms with E-state index in [9.17, 15) is 23.8 Å². The first-order valence-electron chi connectivity index (χ1n) is 11.0. The highest BCUT2D eigenvalue weighted by Gasteiger charge is 2.53. The molecule has 0 radical (unpaired) electrons. The number of likely N-dealkylation sites (tertiary alicyclic amines) is 1. The van der Waals surface area contributed by atoms with Crippen LogP contribution in [0.2, 0.25) is 0 Å². The molecule has 2 aromatic rings. The van der Waals surface area contributed by atoms with Crippen molar-refractivity contribution < 1.29 is 28.5 Å². The van der Waals surface area contributed by atoms with Gasteiger partial charge in [0.05, 0.1) is 11.7 Å². The van der Waals surface area contributed by atoms with Crippen molar-refractivity contribution in [3.63, 3.8) is 0 Å². The van der Waals surface area contributed by atoms with Gasteiger partial charge in [-0.3, -0.25) is 9.69 Å². The fourth-order valence-corrected chi connectivity index (χ4v) is 5.33. The van der Waals surface area contributed by atoms with Crippen LogP contribution in [0, 0.1) is 17.6 Å². The number of benzene rings is 2. The molecule has 4 atom stereocenters. The maximum absolute atomic E-state index is 13.9. The molecule has 3 aliphatic rings. The number of nitrogens with one attached hydrogen (secondary N) is 1. The van der Waals surface area contributed by atoms with Crippen LogP contribution in [0.1, 0.15) is 36.5 Å². The number of rotatable bonds is 5. The maximum Gasteiger partial charge on any atom is 0.224 e. The van der Waals surface area contributed by atoms with Crippen molar-refractivity contribution in [2.75, 3.05) is 25.0 Å². The number of aryl methyl sites for hydroxylation is 1. The molecule has 0 spiro atoms. The van der Waals surface area contributed by atoms with Gasteiger partial charge in [-0.2, -0.15) is 0 Å². The van der Waals surface area contributed by atoms with Crippen LogP contribution >= 0.6 is 0 Å². The Morgan fingerprint density at radius 2 is 2.00 bits per heavy atom. The first-order valence-corrected chi connectivity index (χ1v) is 11.0. The van der Waals surface area contributed by atoms with E-state index in [1.807, 2.05) is 23.1 Å². The van der Waals surface area contributed by atoms with E-state index >= 15 is 0 Å².